The van der Waals surface area contributed by atoms with Crippen molar-refractivity contribution in [2.24, 2.45) is 0 Å². The van der Waals surface area contributed by atoms with Crippen LogP contribution in [0.25, 0.3) is 0 Å². The van der Waals surface area contributed by atoms with Gasteiger partial charge in [-0.3, -0.25) is 0 Å². The Morgan fingerprint density at radius 3 is 2.87 bits per heavy atom. The number of aryl methyl sites for hydroxylation is 1. The van der Waals surface area contributed by atoms with E-state index in [1.807, 2.05) is 6.92 Å². The van der Waals surface area contributed by atoms with Gasteiger partial charge in [0.25, 0.3) is 0 Å². The summed E-state index contributed by atoms with van der Waals surface area (Å²) < 4.78 is 5.56. The average molecular weight is 206 g/mol. The molecule has 15 heavy (non-hydrogen) atoms. The normalized spacial score (nSPS) is 16.4. The molecule has 0 atom stereocenters. The highest BCUT2D eigenvalue weighted by molar-refractivity contribution is 5.48. The molecule has 0 spiro atoms. The van der Waals surface area contributed by atoms with E-state index < -0.39 is 0 Å². The quantitative estimate of drug-likeness (QED) is 0.764. The minimum absolute atomic E-state index is 0.411. The first kappa shape index (κ1) is 9.99. The van der Waals surface area contributed by atoms with Crippen LogP contribution in [0.1, 0.15) is 18.5 Å². The van der Waals surface area contributed by atoms with Gasteiger partial charge in [0.05, 0.1) is 0 Å². The Hall–Kier alpha value is -1.54. The zero-order valence-electron chi connectivity index (χ0n) is 8.79. The molecule has 1 saturated heterocycles. The average Bonchev–Trinajstić information content (AvgIpc) is 2.73. The van der Waals surface area contributed by atoms with Gasteiger partial charge in [-0.1, -0.05) is 6.92 Å². The third-order valence-corrected chi connectivity index (χ3v) is 2.47. The van der Waals surface area contributed by atoms with Gasteiger partial charge in [-0.2, -0.15) is 5.26 Å². The summed E-state index contributed by atoms with van der Waals surface area (Å²) in [6.45, 7) is 5.55. The SMILES string of the molecule is CCc1nc(C#N)c(N2CCNCC2)o1. The number of hydrogen-bond acceptors (Lipinski definition) is 5. The van der Waals surface area contributed by atoms with Crippen molar-refractivity contribution in [2.75, 3.05) is 31.1 Å². The zero-order chi connectivity index (χ0) is 10.7. The summed E-state index contributed by atoms with van der Waals surface area (Å²) in [4.78, 5) is 6.20. The molecular formula is C10H14N4O. The highest BCUT2D eigenvalue weighted by Crippen LogP contribution is 2.21. The van der Waals surface area contributed by atoms with Crippen LogP contribution in [0.4, 0.5) is 5.88 Å². The Kier molecular flexibility index (Phi) is 2.88. The fraction of sp³-hybridized carbons (Fsp3) is 0.600. The number of nitrogens with one attached hydrogen (secondary N) is 1. The summed E-state index contributed by atoms with van der Waals surface area (Å²) >= 11 is 0. The summed E-state index contributed by atoms with van der Waals surface area (Å²) in [5.74, 6) is 1.27. The molecule has 1 aromatic rings. The van der Waals surface area contributed by atoms with Gasteiger partial charge >= 0.3 is 0 Å². The maximum atomic E-state index is 8.94. The Morgan fingerprint density at radius 2 is 2.27 bits per heavy atom. The van der Waals surface area contributed by atoms with E-state index in [0.717, 1.165) is 32.6 Å². The van der Waals surface area contributed by atoms with Crippen molar-refractivity contribution in [3.63, 3.8) is 0 Å². The third kappa shape index (κ3) is 1.95. The molecule has 1 aliphatic rings. The molecule has 2 heterocycles. The Balaban J connectivity index is 2.25. The molecule has 1 fully saturated rings. The maximum absolute atomic E-state index is 8.94. The van der Waals surface area contributed by atoms with Crippen molar-refractivity contribution in [1.29, 1.82) is 5.26 Å². The molecule has 1 aromatic heterocycles. The van der Waals surface area contributed by atoms with Gasteiger partial charge < -0.3 is 14.6 Å². The van der Waals surface area contributed by atoms with Gasteiger partial charge in [-0.25, -0.2) is 4.98 Å². The van der Waals surface area contributed by atoms with Gasteiger partial charge in [0.15, 0.2) is 5.89 Å². The molecular weight excluding hydrogens is 192 g/mol. The zero-order valence-corrected chi connectivity index (χ0v) is 8.79. The minimum atomic E-state index is 0.411. The van der Waals surface area contributed by atoms with Crippen LogP contribution in [-0.4, -0.2) is 31.2 Å². The van der Waals surface area contributed by atoms with Crippen molar-refractivity contribution in [3.05, 3.63) is 11.6 Å². The van der Waals surface area contributed by atoms with E-state index in [4.69, 9.17) is 9.68 Å². The molecule has 0 radical (unpaired) electrons. The summed E-state index contributed by atoms with van der Waals surface area (Å²) in [7, 11) is 0. The minimum Gasteiger partial charge on any atom is -0.424 e. The molecule has 0 unspecified atom stereocenters. The summed E-state index contributed by atoms with van der Waals surface area (Å²) in [6, 6.07) is 2.08. The van der Waals surface area contributed by atoms with Gasteiger partial charge in [0.2, 0.25) is 11.6 Å². The molecule has 1 N–H and O–H groups in total. The Morgan fingerprint density at radius 1 is 1.53 bits per heavy atom. The molecule has 0 aromatic carbocycles. The molecule has 80 valence electrons. The number of piperazine rings is 1. The largest absolute Gasteiger partial charge is 0.424 e. The lowest BCUT2D eigenvalue weighted by Gasteiger charge is -2.26. The van der Waals surface area contributed by atoms with Crippen molar-refractivity contribution in [2.45, 2.75) is 13.3 Å². The monoisotopic (exact) mass is 206 g/mol. The van der Waals surface area contributed by atoms with Crippen molar-refractivity contribution in [1.82, 2.24) is 10.3 Å². The Labute approximate surface area is 88.7 Å². The second-order valence-corrected chi connectivity index (χ2v) is 3.46. The second-order valence-electron chi connectivity index (χ2n) is 3.46. The standard InChI is InChI=1S/C10H14N4O/c1-2-9-13-8(7-11)10(15-9)14-5-3-12-4-6-14/h12H,2-6H2,1H3. The van der Waals surface area contributed by atoms with Gasteiger partial charge in [-0.15, -0.1) is 0 Å². The first-order chi connectivity index (χ1) is 7.35. The first-order valence-corrected chi connectivity index (χ1v) is 5.20. The lowest BCUT2D eigenvalue weighted by atomic mass is 10.3. The first-order valence-electron chi connectivity index (χ1n) is 5.20. The maximum Gasteiger partial charge on any atom is 0.234 e. The molecule has 0 aliphatic carbocycles. The highest BCUT2D eigenvalue weighted by atomic mass is 16.4. The molecule has 2 rings (SSSR count). The van der Waals surface area contributed by atoms with Gasteiger partial charge in [0, 0.05) is 32.6 Å². The van der Waals surface area contributed by atoms with Crippen LogP contribution in [0.5, 0.6) is 0 Å². The lowest BCUT2D eigenvalue weighted by molar-refractivity contribution is 0.472. The van der Waals surface area contributed by atoms with Crippen LogP contribution >= 0.6 is 0 Å². The van der Waals surface area contributed by atoms with E-state index in [9.17, 15) is 0 Å². The topological polar surface area (TPSA) is 65.1 Å². The van der Waals surface area contributed by atoms with Crippen LogP contribution < -0.4 is 10.2 Å². The van der Waals surface area contributed by atoms with E-state index in [1.165, 1.54) is 0 Å². The number of oxazole rings is 1. The predicted molar refractivity (Wildman–Crippen MR) is 55.7 cm³/mol. The summed E-state index contributed by atoms with van der Waals surface area (Å²) in [5, 5.41) is 12.2. The number of hydrogen-bond donors (Lipinski definition) is 1. The predicted octanol–water partition coefficient (Wildman–Crippen LogP) is 0.518. The van der Waals surface area contributed by atoms with Crippen molar-refractivity contribution >= 4 is 5.88 Å². The number of aromatic nitrogens is 1. The van der Waals surface area contributed by atoms with E-state index in [-0.39, 0.29) is 0 Å². The summed E-state index contributed by atoms with van der Waals surface area (Å²) in [5.41, 5.74) is 0.411. The fourth-order valence-electron chi connectivity index (χ4n) is 1.66. The number of anilines is 1. The van der Waals surface area contributed by atoms with E-state index in [1.54, 1.807) is 0 Å². The van der Waals surface area contributed by atoms with Crippen LogP contribution in [-0.2, 0) is 6.42 Å². The third-order valence-electron chi connectivity index (χ3n) is 2.47. The van der Waals surface area contributed by atoms with Crippen LogP contribution in [0.2, 0.25) is 0 Å². The fourth-order valence-corrected chi connectivity index (χ4v) is 1.66. The van der Waals surface area contributed by atoms with Crippen LogP contribution in [0, 0.1) is 11.3 Å². The molecule has 0 amide bonds. The molecule has 1 aliphatic heterocycles. The van der Waals surface area contributed by atoms with Crippen LogP contribution in [0.3, 0.4) is 0 Å². The Bertz CT molecular complexity index is 373. The van der Waals surface area contributed by atoms with Crippen molar-refractivity contribution < 1.29 is 4.42 Å². The smallest absolute Gasteiger partial charge is 0.234 e. The molecule has 5 nitrogen and oxygen atoms in total. The number of nitrogens with zero attached hydrogens (tertiary/aromatic N) is 3. The van der Waals surface area contributed by atoms with Gasteiger partial charge in [-0.05, 0) is 0 Å². The second kappa shape index (κ2) is 4.32. The van der Waals surface area contributed by atoms with E-state index in [2.05, 4.69) is 21.3 Å². The van der Waals surface area contributed by atoms with E-state index >= 15 is 0 Å². The summed E-state index contributed by atoms with van der Waals surface area (Å²) in [6.07, 6.45) is 0.723. The number of nitriles is 1. The molecule has 0 bridgehead atoms. The van der Waals surface area contributed by atoms with Crippen LogP contribution in [0.15, 0.2) is 4.42 Å². The molecule has 0 saturated carbocycles. The van der Waals surface area contributed by atoms with E-state index in [0.29, 0.717) is 17.5 Å². The van der Waals surface area contributed by atoms with Gasteiger partial charge in [0.1, 0.15) is 6.07 Å². The van der Waals surface area contributed by atoms with Crippen molar-refractivity contribution in [3.8, 4) is 6.07 Å². The molecule has 5 heteroatoms. The lowest BCUT2D eigenvalue weighted by Crippen LogP contribution is -2.43. The highest BCUT2D eigenvalue weighted by Gasteiger charge is 2.20. The number of rotatable bonds is 2.